The van der Waals surface area contributed by atoms with Gasteiger partial charge >= 0.3 is 22.8 Å². The second-order valence-electron chi connectivity index (χ2n) is 11.2. The molecule has 48 heavy (non-hydrogen) atoms. The topological polar surface area (TPSA) is 132 Å². The summed E-state index contributed by atoms with van der Waals surface area (Å²) in [4.78, 5) is 52.7. The molecule has 1 aliphatic carbocycles. The van der Waals surface area contributed by atoms with E-state index in [1.54, 1.807) is 23.2 Å². The van der Waals surface area contributed by atoms with Gasteiger partial charge in [0.05, 0.1) is 27.6 Å². The summed E-state index contributed by atoms with van der Waals surface area (Å²) in [5, 5.41) is 9.00. The molecule has 2 aliphatic heterocycles. The van der Waals surface area contributed by atoms with Crippen LogP contribution in [0.25, 0.3) is 0 Å². The van der Waals surface area contributed by atoms with Crippen molar-refractivity contribution in [2.24, 2.45) is 4.99 Å². The van der Waals surface area contributed by atoms with E-state index in [9.17, 15) is 28.0 Å². The van der Waals surface area contributed by atoms with Gasteiger partial charge in [0.1, 0.15) is 23.1 Å². The number of imide groups is 1. The standard InChI is InChI=1S/C17H17ClFNO4.C14H13ClFN3O3S2/c1-9(2)15-16(21)20(17(22)24-15)13-8-14(11(18)7-12(13)19)23-10-5-3-4-6-10;15-8-5-9(16)10(6-11(8)23-7-12(20)21)17-13-18-3-1-2-4-19(18)14(22)24-13/h7-8,10H,3-6H2,1-2H3;5-6H,1-4,7H2,(H,20,21). The number of carboxylic acids is 1. The second kappa shape index (κ2) is 15.3. The van der Waals surface area contributed by atoms with Crippen LogP contribution in [-0.4, -0.2) is 44.3 Å². The van der Waals surface area contributed by atoms with Crippen LogP contribution < -0.4 is 19.3 Å². The van der Waals surface area contributed by atoms with E-state index in [-0.39, 0.29) is 49.7 Å². The van der Waals surface area contributed by atoms with Crippen LogP contribution in [0.1, 0.15) is 52.4 Å². The molecule has 3 aromatic rings. The summed E-state index contributed by atoms with van der Waals surface area (Å²) in [5.41, 5.74) is 0.348. The number of rotatable bonds is 7. The molecule has 2 aromatic carbocycles. The number of hydrogen-bond acceptors (Lipinski definition) is 9. The van der Waals surface area contributed by atoms with Crippen LogP contribution in [0.5, 0.6) is 5.75 Å². The third-order valence-corrected chi connectivity index (χ3v) is 10.2. The van der Waals surface area contributed by atoms with E-state index in [4.69, 9.17) is 37.8 Å². The Morgan fingerprint density at radius 1 is 1.02 bits per heavy atom. The smallest absolute Gasteiger partial charge is 0.427 e. The molecule has 1 saturated carbocycles. The van der Waals surface area contributed by atoms with Gasteiger partial charge in [-0.25, -0.2) is 28.1 Å². The number of hydrogen-bond donors (Lipinski definition) is 1. The summed E-state index contributed by atoms with van der Waals surface area (Å²) >= 11 is 14.0. The van der Waals surface area contributed by atoms with Crippen LogP contribution in [0.2, 0.25) is 10.0 Å². The highest BCUT2D eigenvalue weighted by Gasteiger charge is 2.40. The van der Waals surface area contributed by atoms with Crippen molar-refractivity contribution < 1.29 is 37.7 Å². The zero-order valence-electron chi connectivity index (χ0n) is 25.8. The number of halogens is 4. The maximum Gasteiger partial charge on any atom is 0.427 e. The number of carbonyl (C=O) groups is 3. The SMILES string of the molecule is CC(C)=C1OC(=O)N(c2cc(OC3CCCC3)c(Cl)cc2F)C1=O.O=C(O)CSc1cc(N=c2sc(=O)n3n2CCCC3)c(F)cc1Cl. The first-order valence-corrected chi connectivity index (χ1v) is 17.5. The number of benzene rings is 2. The summed E-state index contributed by atoms with van der Waals surface area (Å²) in [7, 11) is 0. The maximum atomic E-state index is 14.3. The summed E-state index contributed by atoms with van der Waals surface area (Å²) in [6.07, 6.45) is 4.87. The van der Waals surface area contributed by atoms with Crippen molar-refractivity contribution >= 4 is 75.6 Å². The zero-order chi connectivity index (χ0) is 34.7. The lowest BCUT2D eigenvalue weighted by molar-refractivity contribution is -0.133. The number of anilines is 1. The molecule has 1 aromatic heterocycles. The van der Waals surface area contributed by atoms with Gasteiger partial charge in [-0.15, -0.1) is 11.8 Å². The van der Waals surface area contributed by atoms with E-state index in [1.807, 2.05) is 0 Å². The monoisotopic (exact) mass is 742 g/mol. The summed E-state index contributed by atoms with van der Waals surface area (Å²) < 4.78 is 42.6. The van der Waals surface area contributed by atoms with Crippen LogP contribution in [-0.2, 0) is 27.4 Å². The molecule has 2 amide bonds. The van der Waals surface area contributed by atoms with E-state index in [1.165, 1.54) is 12.1 Å². The highest BCUT2D eigenvalue weighted by Crippen LogP contribution is 2.38. The minimum atomic E-state index is -0.992. The van der Waals surface area contributed by atoms with Gasteiger partial charge in [0.15, 0.2) is 5.76 Å². The molecule has 0 unspecified atom stereocenters. The largest absolute Gasteiger partial charge is 0.489 e. The number of ether oxygens (including phenoxy) is 2. The zero-order valence-corrected chi connectivity index (χ0v) is 28.9. The Morgan fingerprint density at radius 3 is 2.33 bits per heavy atom. The number of carboxylic acid groups (broad SMARTS) is 1. The van der Waals surface area contributed by atoms with Gasteiger partial charge in [0.25, 0.3) is 0 Å². The second-order valence-corrected chi connectivity index (χ2v) is 14.0. The molecular weight excluding hydrogens is 713 g/mol. The van der Waals surface area contributed by atoms with Crippen molar-refractivity contribution in [3.63, 3.8) is 0 Å². The normalized spacial score (nSPS) is 16.5. The third-order valence-electron chi connectivity index (χ3n) is 7.52. The molecule has 17 heteroatoms. The average molecular weight is 744 g/mol. The summed E-state index contributed by atoms with van der Waals surface area (Å²) in [6.45, 7) is 4.56. The first kappa shape index (κ1) is 35.6. The van der Waals surface area contributed by atoms with Crippen LogP contribution in [0.4, 0.5) is 25.0 Å². The molecule has 0 bridgehead atoms. The number of aromatic nitrogens is 2. The minimum absolute atomic E-state index is 0.00962. The van der Waals surface area contributed by atoms with Gasteiger partial charge in [-0.1, -0.05) is 23.2 Å². The van der Waals surface area contributed by atoms with Crippen molar-refractivity contribution in [2.75, 3.05) is 10.7 Å². The molecular formula is C31H30Cl2F2N4O7S2. The van der Waals surface area contributed by atoms with Gasteiger partial charge in [-0.05, 0) is 87.5 Å². The first-order chi connectivity index (χ1) is 22.8. The molecule has 0 radical (unpaired) electrons. The summed E-state index contributed by atoms with van der Waals surface area (Å²) in [6, 6.07) is 4.85. The highest BCUT2D eigenvalue weighted by molar-refractivity contribution is 8.00. The Morgan fingerprint density at radius 2 is 1.69 bits per heavy atom. The Kier molecular flexibility index (Phi) is 11.3. The Labute approximate surface area is 291 Å². The van der Waals surface area contributed by atoms with E-state index >= 15 is 0 Å². The molecule has 11 nitrogen and oxygen atoms in total. The van der Waals surface area contributed by atoms with E-state index in [0.29, 0.717) is 33.3 Å². The van der Waals surface area contributed by atoms with Crippen molar-refractivity contribution in [2.45, 2.75) is 76.5 Å². The fraction of sp³-hybridized carbons (Fsp3) is 0.387. The van der Waals surface area contributed by atoms with Crippen molar-refractivity contribution in [3.8, 4) is 5.75 Å². The molecule has 0 atom stereocenters. The fourth-order valence-corrected chi connectivity index (χ4v) is 7.30. The quantitative estimate of drug-likeness (QED) is 0.197. The van der Waals surface area contributed by atoms with Crippen molar-refractivity contribution in [1.29, 1.82) is 0 Å². The van der Waals surface area contributed by atoms with Crippen LogP contribution in [0.3, 0.4) is 0 Å². The number of allylic oxidation sites excluding steroid dienone is 1. The van der Waals surface area contributed by atoms with Gasteiger partial charge in [0, 0.05) is 24.1 Å². The maximum absolute atomic E-state index is 14.3. The third kappa shape index (κ3) is 7.96. The molecule has 1 N–H and O–H groups in total. The molecule has 2 fully saturated rings. The van der Waals surface area contributed by atoms with Crippen LogP contribution in [0.15, 0.2) is 50.3 Å². The molecule has 1 saturated heterocycles. The van der Waals surface area contributed by atoms with E-state index in [2.05, 4.69) is 4.99 Å². The van der Waals surface area contributed by atoms with Gasteiger partial charge in [-0.3, -0.25) is 19.1 Å². The minimum Gasteiger partial charge on any atom is -0.489 e. The Balaban J connectivity index is 0.000000188. The van der Waals surface area contributed by atoms with E-state index in [0.717, 1.165) is 73.8 Å². The lowest BCUT2D eigenvalue weighted by atomic mass is 10.2. The predicted molar refractivity (Wildman–Crippen MR) is 177 cm³/mol. The van der Waals surface area contributed by atoms with Gasteiger partial charge < -0.3 is 14.6 Å². The molecule has 6 rings (SSSR count). The summed E-state index contributed by atoms with van der Waals surface area (Å²) in [5.74, 6) is -3.12. The number of nitrogens with zero attached hydrogens (tertiary/aromatic N) is 4. The van der Waals surface area contributed by atoms with Crippen molar-refractivity contribution in [1.82, 2.24) is 9.36 Å². The van der Waals surface area contributed by atoms with Crippen LogP contribution in [0, 0.1) is 11.6 Å². The number of thioether (sulfide) groups is 1. The number of cyclic esters (lactones) is 1. The van der Waals surface area contributed by atoms with Crippen LogP contribution >= 0.6 is 46.3 Å². The molecule has 256 valence electrons. The number of fused-ring (bicyclic) bond motifs is 1. The predicted octanol–water partition coefficient (Wildman–Crippen LogP) is 7.28. The van der Waals surface area contributed by atoms with Crippen molar-refractivity contribution in [3.05, 3.63) is 71.7 Å². The Hall–Kier alpha value is -3.66. The first-order valence-electron chi connectivity index (χ1n) is 14.9. The molecule has 0 spiro atoms. The Bertz CT molecular complexity index is 1930. The fourth-order valence-electron chi connectivity index (χ4n) is 5.23. The highest BCUT2D eigenvalue weighted by atomic mass is 35.5. The average Bonchev–Trinajstić information content (AvgIpc) is 3.74. The molecule has 3 heterocycles. The number of aliphatic carboxylic acids is 1. The van der Waals surface area contributed by atoms with Gasteiger partial charge in [-0.2, -0.15) is 0 Å². The molecule has 3 aliphatic rings. The van der Waals surface area contributed by atoms with E-state index < -0.39 is 29.6 Å². The lowest BCUT2D eigenvalue weighted by Crippen LogP contribution is -2.31. The number of amides is 2. The lowest BCUT2D eigenvalue weighted by Gasteiger charge is -2.18. The van der Waals surface area contributed by atoms with Gasteiger partial charge in [0.2, 0.25) is 4.80 Å². The number of carbonyl (C=O) groups excluding carboxylic acids is 2.